The number of benzene rings is 2. The van der Waals surface area contributed by atoms with Crippen LogP contribution in [0.3, 0.4) is 0 Å². The van der Waals surface area contributed by atoms with Crippen molar-refractivity contribution in [2.75, 3.05) is 10.6 Å². The van der Waals surface area contributed by atoms with Crippen molar-refractivity contribution >= 4 is 21.6 Å². The minimum absolute atomic E-state index is 0.238. The molecule has 0 radical (unpaired) electrons. The second-order valence-corrected chi connectivity index (χ2v) is 9.09. The van der Waals surface area contributed by atoms with Crippen LogP contribution in [0.15, 0.2) is 36.4 Å². The highest BCUT2D eigenvalue weighted by Gasteiger charge is 2.30. The Kier molecular flexibility index (Phi) is 6.49. The van der Waals surface area contributed by atoms with E-state index in [2.05, 4.69) is 11.4 Å². The predicted octanol–water partition coefficient (Wildman–Crippen LogP) is 3.78. The van der Waals surface area contributed by atoms with E-state index in [-0.39, 0.29) is 11.7 Å². The number of hydrogen-bond donors (Lipinski definition) is 1. The third kappa shape index (κ3) is 4.90. The molecule has 0 aromatic heterocycles. The van der Waals surface area contributed by atoms with E-state index < -0.39 is 27.8 Å². The Morgan fingerprint density at radius 3 is 2.07 bits per heavy atom. The molecule has 152 valence electrons. The molecule has 2 aromatic carbocycles. The highest BCUT2D eigenvalue weighted by molar-refractivity contribution is 7.92. The van der Waals surface area contributed by atoms with E-state index in [0.717, 1.165) is 27.3 Å². The summed E-state index contributed by atoms with van der Waals surface area (Å²) >= 11 is 0. The zero-order valence-electron chi connectivity index (χ0n) is 17.1. The Balaban J connectivity index is 2.28. The Morgan fingerprint density at radius 1 is 1.00 bits per heavy atom. The largest absolute Gasteiger partial charge is 0.348 e. The van der Waals surface area contributed by atoms with Crippen molar-refractivity contribution < 1.29 is 17.6 Å². The van der Waals surface area contributed by atoms with E-state index in [9.17, 15) is 17.6 Å². The van der Waals surface area contributed by atoms with Gasteiger partial charge in [0, 0.05) is 0 Å². The number of anilines is 1. The van der Waals surface area contributed by atoms with Crippen LogP contribution in [0.4, 0.5) is 10.1 Å². The van der Waals surface area contributed by atoms with Crippen molar-refractivity contribution in [1.82, 2.24) is 5.32 Å². The number of carbonyl (C=O) groups excluding carboxylic acids is 1. The molecule has 0 aliphatic heterocycles. The number of sulfonamides is 1. The first kappa shape index (κ1) is 21.9. The Labute approximate surface area is 166 Å². The lowest BCUT2D eigenvalue weighted by Gasteiger charge is -2.29. The Bertz CT molecular complexity index is 972. The molecule has 0 saturated carbocycles. The lowest BCUT2D eigenvalue weighted by Crippen LogP contribution is -2.48. The molecule has 2 unspecified atom stereocenters. The molecule has 1 amide bonds. The molecule has 5 nitrogen and oxygen atoms in total. The molecule has 0 aliphatic carbocycles. The zero-order valence-corrected chi connectivity index (χ0v) is 17.9. The molecule has 1 N–H and O–H groups in total. The maximum atomic E-state index is 13.2. The van der Waals surface area contributed by atoms with E-state index in [1.807, 2.05) is 33.8 Å². The number of aryl methyl sites for hydroxylation is 3. The fourth-order valence-electron chi connectivity index (χ4n) is 3.26. The average Bonchev–Trinajstić information content (AvgIpc) is 2.58. The third-order valence-corrected chi connectivity index (χ3v) is 6.12. The minimum atomic E-state index is -3.75. The molecule has 0 fully saturated rings. The van der Waals surface area contributed by atoms with Gasteiger partial charge in [0.05, 0.1) is 18.0 Å². The number of amides is 1. The molecule has 0 saturated heterocycles. The summed E-state index contributed by atoms with van der Waals surface area (Å²) in [4.78, 5) is 12.8. The van der Waals surface area contributed by atoms with Crippen LogP contribution in [0, 0.1) is 26.6 Å². The predicted molar refractivity (Wildman–Crippen MR) is 110 cm³/mol. The number of rotatable bonds is 6. The average molecular weight is 407 g/mol. The summed E-state index contributed by atoms with van der Waals surface area (Å²) in [6.45, 7) is 9.40. The van der Waals surface area contributed by atoms with Gasteiger partial charge >= 0.3 is 0 Å². The van der Waals surface area contributed by atoms with Gasteiger partial charge in [0.15, 0.2) is 0 Å². The molecule has 0 bridgehead atoms. The van der Waals surface area contributed by atoms with Crippen LogP contribution in [-0.4, -0.2) is 26.6 Å². The topological polar surface area (TPSA) is 66.5 Å². The van der Waals surface area contributed by atoms with Crippen LogP contribution in [0.25, 0.3) is 0 Å². The summed E-state index contributed by atoms with van der Waals surface area (Å²) in [5.74, 6) is -0.909. The highest BCUT2D eigenvalue weighted by Crippen LogP contribution is 2.24. The summed E-state index contributed by atoms with van der Waals surface area (Å²) in [5.41, 5.74) is 4.58. The molecule has 2 aromatic rings. The first-order valence-electron chi connectivity index (χ1n) is 9.05. The van der Waals surface area contributed by atoms with Crippen molar-refractivity contribution in [3.8, 4) is 0 Å². The Morgan fingerprint density at radius 2 is 1.54 bits per heavy atom. The van der Waals surface area contributed by atoms with Gasteiger partial charge in [-0.05, 0) is 81.1 Å². The number of halogens is 1. The van der Waals surface area contributed by atoms with E-state index in [4.69, 9.17) is 0 Å². The number of nitrogens with one attached hydrogen (secondary N) is 1. The van der Waals surface area contributed by atoms with Crippen molar-refractivity contribution in [2.45, 2.75) is 46.7 Å². The molecule has 0 heterocycles. The number of hydrogen-bond acceptors (Lipinski definition) is 3. The summed E-state index contributed by atoms with van der Waals surface area (Å²) < 4.78 is 38.8. The standard InChI is InChI=1S/C21H27FN2O3S/c1-13-11-15(3)20(12-14(13)2)16(4)23-21(25)17(5)24(28(6,26)27)19-9-7-18(22)8-10-19/h7-12,16-17H,1-6H3,(H,23,25). The number of nitrogens with zero attached hydrogens (tertiary/aromatic N) is 1. The van der Waals surface area contributed by atoms with E-state index in [1.54, 1.807) is 0 Å². The molecule has 2 atom stereocenters. The van der Waals surface area contributed by atoms with Crippen LogP contribution < -0.4 is 9.62 Å². The fraction of sp³-hybridized carbons (Fsp3) is 0.381. The van der Waals surface area contributed by atoms with Gasteiger partial charge in [-0.1, -0.05) is 12.1 Å². The van der Waals surface area contributed by atoms with Crippen molar-refractivity contribution in [2.24, 2.45) is 0 Å². The molecule has 28 heavy (non-hydrogen) atoms. The lowest BCUT2D eigenvalue weighted by molar-refractivity contribution is -0.122. The summed E-state index contributed by atoms with van der Waals surface area (Å²) in [7, 11) is -3.75. The number of carbonyl (C=O) groups is 1. The van der Waals surface area contributed by atoms with Gasteiger partial charge < -0.3 is 5.32 Å². The summed E-state index contributed by atoms with van der Waals surface area (Å²) in [6.07, 6.45) is 1.02. The minimum Gasteiger partial charge on any atom is -0.348 e. The van der Waals surface area contributed by atoms with E-state index >= 15 is 0 Å². The van der Waals surface area contributed by atoms with Crippen molar-refractivity contribution in [3.05, 3.63) is 64.5 Å². The molecular weight excluding hydrogens is 379 g/mol. The first-order chi connectivity index (χ1) is 12.9. The normalized spacial score (nSPS) is 13.7. The van der Waals surface area contributed by atoms with Crippen molar-refractivity contribution in [3.63, 3.8) is 0 Å². The lowest BCUT2D eigenvalue weighted by atomic mass is 9.96. The van der Waals surface area contributed by atoms with Gasteiger partial charge in [-0.25, -0.2) is 12.8 Å². The Hall–Kier alpha value is -2.41. The molecule has 2 rings (SSSR count). The van der Waals surface area contributed by atoms with Crippen LogP contribution in [0.5, 0.6) is 0 Å². The second-order valence-electron chi connectivity index (χ2n) is 7.23. The second kappa shape index (κ2) is 8.31. The molecule has 0 spiro atoms. The van der Waals surface area contributed by atoms with Gasteiger partial charge in [-0.15, -0.1) is 0 Å². The van der Waals surface area contributed by atoms with Crippen LogP contribution >= 0.6 is 0 Å². The maximum Gasteiger partial charge on any atom is 0.244 e. The monoisotopic (exact) mass is 406 g/mol. The van der Waals surface area contributed by atoms with E-state index in [0.29, 0.717) is 0 Å². The third-order valence-electron chi connectivity index (χ3n) is 4.88. The van der Waals surface area contributed by atoms with Crippen LogP contribution in [0.2, 0.25) is 0 Å². The fourth-order valence-corrected chi connectivity index (χ4v) is 4.43. The van der Waals surface area contributed by atoms with Crippen LogP contribution in [0.1, 0.15) is 42.1 Å². The van der Waals surface area contributed by atoms with Gasteiger partial charge in [-0.2, -0.15) is 0 Å². The van der Waals surface area contributed by atoms with Crippen LogP contribution in [-0.2, 0) is 14.8 Å². The molecular formula is C21H27FN2O3S. The first-order valence-corrected chi connectivity index (χ1v) is 10.9. The van der Waals surface area contributed by atoms with Gasteiger partial charge in [0.25, 0.3) is 0 Å². The quantitative estimate of drug-likeness (QED) is 0.794. The zero-order chi connectivity index (χ0) is 21.2. The van der Waals surface area contributed by atoms with Gasteiger partial charge in [-0.3, -0.25) is 9.10 Å². The summed E-state index contributed by atoms with van der Waals surface area (Å²) in [6, 6.07) is 7.85. The van der Waals surface area contributed by atoms with Gasteiger partial charge in [0.2, 0.25) is 15.9 Å². The highest BCUT2D eigenvalue weighted by atomic mass is 32.2. The van der Waals surface area contributed by atoms with Crippen molar-refractivity contribution in [1.29, 1.82) is 0 Å². The maximum absolute atomic E-state index is 13.2. The SMILES string of the molecule is Cc1cc(C)c(C(C)NC(=O)C(C)N(c2ccc(F)cc2)S(C)(=O)=O)cc1C. The van der Waals surface area contributed by atoms with Gasteiger partial charge in [0.1, 0.15) is 11.9 Å². The smallest absolute Gasteiger partial charge is 0.244 e. The summed E-state index contributed by atoms with van der Waals surface area (Å²) in [5, 5.41) is 2.90. The van der Waals surface area contributed by atoms with E-state index in [1.165, 1.54) is 36.8 Å². The molecule has 0 aliphatic rings. The molecule has 7 heteroatoms.